The van der Waals surface area contributed by atoms with Crippen molar-refractivity contribution >= 4 is 39.3 Å². The number of nitrogens with one attached hydrogen (secondary N) is 3. The summed E-state index contributed by atoms with van der Waals surface area (Å²) in [6.07, 6.45) is 4.15. The number of hydrogen-bond acceptors (Lipinski definition) is 7. The van der Waals surface area contributed by atoms with Gasteiger partial charge in [0.15, 0.2) is 0 Å². The van der Waals surface area contributed by atoms with Gasteiger partial charge in [0.25, 0.3) is 11.5 Å². The van der Waals surface area contributed by atoms with Gasteiger partial charge in [-0.25, -0.2) is 4.98 Å². The minimum absolute atomic E-state index is 0.125. The number of aromatic nitrogens is 2. The third-order valence-corrected chi connectivity index (χ3v) is 8.48. The van der Waals surface area contributed by atoms with E-state index in [-0.39, 0.29) is 23.3 Å². The number of rotatable bonds is 1. The number of piperidine rings is 1. The summed E-state index contributed by atoms with van der Waals surface area (Å²) in [6, 6.07) is -0.631. The fourth-order valence-corrected chi connectivity index (χ4v) is 6.25. The average molecular weight is 518 g/mol. The van der Waals surface area contributed by atoms with E-state index in [1.807, 2.05) is 0 Å². The van der Waals surface area contributed by atoms with Gasteiger partial charge in [0.05, 0.1) is 15.7 Å². The molecule has 0 bridgehead atoms. The highest BCUT2D eigenvalue weighted by Gasteiger charge is 2.43. The lowest BCUT2D eigenvalue weighted by atomic mass is 9.73. The summed E-state index contributed by atoms with van der Waals surface area (Å²) in [5.74, 6) is 0.0485. The number of thiophene rings is 1. The highest BCUT2D eigenvalue weighted by molar-refractivity contribution is 7.20. The molecule has 10 nitrogen and oxygen atoms in total. The molecular formula is C25H35N5O5S. The van der Waals surface area contributed by atoms with Crippen LogP contribution in [0.3, 0.4) is 0 Å². The van der Waals surface area contributed by atoms with Crippen molar-refractivity contribution in [2.45, 2.75) is 65.3 Å². The topological polar surface area (TPSA) is 133 Å². The average Bonchev–Trinajstić information content (AvgIpc) is 3.18. The molecule has 1 spiro atoms. The SMILES string of the molecule is Cc1nc2sc(C(=O)N3CCC4(CCCCOCCCNC(=O)[C@H](C)NC4=O)CC3)c(C)c2c(=O)[nH]1. The van der Waals surface area contributed by atoms with Crippen molar-refractivity contribution in [3.8, 4) is 0 Å². The largest absolute Gasteiger partial charge is 0.381 e. The Morgan fingerprint density at radius 1 is 1.08 bits per heavy atom. The van der Waals surface area contributed by atoms with Gasteiger partial charge in [-0.05, 0) is 58.4 Å². The number of hydrogen-bond donors (Lipinski definition) is 3. The molecule has 196 valence electrons. The Morgan fingerprint density at radius 3 is 2.56 bits per heavy atom. The van der Waals surface area contributed by atoms with Crippen molar-refractivity contribution in [1.29, 1.82) is 0 Å². The molecule has 2 saturated heterocycles. The van der Waals surface area contributed by atoms with Crippen LogP contribution in [-0.2, 0) is 14.3 Å². The second-order valence-electron chi connectivity index (χ2n) is 9.87. The van der Waals surface area contributed by atoms with E-state index in [4.69, 9.17) is 4.74 Å². The quantitative estimate of drug-likeness (QED) is 0.530. The van der Waals surface area contributed by atoms with Crippen LogP contribution in [0.5, 0.6) is 0 Å². The number of likely N-dealkylation sites (tertiary alicyclic amines) is 1. The second kappa shape index (κ2) is 11.1. The maximum atomic E-state index is 13.4. The Morgan fingerprint density at radius 2 is 1.81 bits per heavy atom. The summed E-state index contributed by atoms with van der Waals surface area (Å²) in [4.78, 5) is 61.6. The maximum Gasteiger partial charge on any atom is 0.264 e. The third-order valence-electron chi connectivity index (χ3n) is 7.30. The predicted octanol–water partition coefficient (Wildman–Crippen LogP) is 2.04. The normalized spacial score (nSPS) is 22.2. The Hall–Kier alpha value is -2.79. The smallest absolute Gasteiger partial charge is 0.264 e. The van der Waals surface area contributed by atoms with Gasteiger partial charge >= 0.3 is 0 Å². The molecule has 0 unspecified atom stereocenters. The number of ether oxygens (including phenoxy) is 1. The van der Waals surface area contributed by atoms with E-state index in [0.29, 0.717) is 78.6 Å². The Bertz CT molecular complexity index is 1200. The zero-order chi connectivity index (χ0) is 25.9. The van der Waals surface area contributed by atoms with E-state index >= 15 is 0 Å². The lowest BCUT2D eigenvalue weighted by Gasteiger charge is -2.41. The van der Waals surface area contributed by atoms with Crippen LogP contribution in [0.1, 0.15) is 66.5 Å². The van der Waals surface area contributed by atoms with E-state index < -0.39 is 11.5 Å². The lowest BCUT2D eigenvalue weighted by molar-refractivity contribution is -0.137. The van der Waals surface area contributed by atoms with Gasteiger partial charge in [-0.2, -0.15) is 0 Å². The summed E-state index contributed by atoms with van der Waals surface area (Å²) in [7, 11) is 0. The molecule has 2 aliphatic rings. The van der Waals surface area contributed by atoms with Crippen LogP contribution >= 0.6 is 11.3 Å². The first-order valence-electron chi connectivity index (χ1n) is 12.7. The zero-order valence-electron chi connectivity index (χ0n) is 21.2. The first kappa shape index (κ1) is 26.3. The molecule has 4 rings (SSSR count). The second-order valence-corrected chi connectivity index (χ2v) is 10.9. The third kappa shape index (κ3) is 5.46. The van der Waals surface area contributed by atoms with Gasteiger partial charge in [0.1, 0.15) is 16.7 Å². The summed E-state index contributed by atoms with van der Waals surface area (Å²) in [6.45, 7) is 7.80. The number of carbonyl (C=O) groups is 3. The predicted molar refractivity (Wildman–Crippen MR) is 137 cm³/mol. The van der Waals surface area contributed by atoms with E-state index in [0.717, 1.165) is 19.3 Å². The molecule has 2 aliphatic heterocycles. The molecule has 3 N–H and O–H groups in total. The number of fused-ring (bicyclic) bond motifs is 1. The molecule has 2 fully saturated rings. The first-order chi connectivity index (χ1) is 17.2. The fraction of sp³-hybridized carbons (Fsp3) is 0.640. The van der Waals surface area contributed by atoms with Crippen molar-refractivity contribution in [3.05, 3.63) is 26.6 Å². The molecule has 0 aliphatic carbocycles. The molecule has 4 heterocycles. The number of carbonyl (C=O) groups excluding carboxylic acids is 3. The maximum absolute atomic E-state index is 13.4. The summed E-state index contributed by atoms with van der Waals surface area (Å²) >= 11 is 1.24. The van der Waals surface area contributed by atoms with Crippen LogP contribution in [-0.4, -0.2) is 71.5 Å². The van der Waals surface area contributed by atoms with Gasteiger partial charge in [-0.1, -0.05) is 6.42 Å². The number of aryl methyl sites for hydroxylation is 2. The molecular weight excluding hydrogens is 482 g/mol. The van der Waals surface area contributed by atoms with Crippen molar-refractivity contribution in [3.63, 3.8) is 0 Å². The molecule has 2 aromatic rings. The van der Waals surface area contributed by atoms with Crippen LogP contribution in [0.25, 0.3) is 10.2 Å². The zero-order valence-corrected chi connectivity index (χ0v) is 22.0. The molecule has 36 heavy (non-hydrogen) atoms. The van der Waals surface area contributed by atoms with Gasteiger partial charge in [-0.15, -0.1) is 11.3 Å². The van der Waals surface area contributed by atoms with Gasteiger partial charge in [0.2, 0.25) is 11.8 Å². The van der Waals surface area contributed by atoms with Crippen LogP contribution in [0.4, 0.5) is 0 Å². The summed E-state index contributed by atoms with van der Waals surface area (Å²) in [5, 5.41) is 6.24. The fourth-order valence-electron chi connectivity index (χ4n) is 5.05. The Balaban J connectivity index is 1.50. The van der Waals surface area contributed by atoms with E-state index in [1.165, 1.54) is 11.3 Å². The van der Waals surface area contributed by atoms with Crippen LogP contribution in [0, 0.1) is 19.3 Å². The molecule has 2 aromatic heterocycles. The monoisotopic (exact) mass is 517 g/mol. The van der Waals surface area contributed by atoms with Crippen molar-refractivity contribution in [2.24, 2.45) is 5.41 Å². The minimum atomic E-state index is -0.638. The van der Waals surface area contributed by atoms with Crippen molar-refractivity contribution in [1.82, 2.24) is 25.5 Å². The van der Waals surface area contributed by atoms with E-state index in [2.05, 4.69) is 20.6 Å². The molecule has 0 radical (unpaired) electrons. The summed E-state index contributed by atoms with van der Waals surface area (Å²) < 4.78 is 5.66. The van der Waals surface area contributed by atoms with Gasteiger partial charge in [-0.3, -0.25) is 19.2 Å². The molecule has 0 aromatic carbocycles. The van der Waals surface area contributed by atoms with Crippen LogP contribution < -0.4 is 16.2 Å². The molecule has 0 saturated carbocycles. The number of aromatic amines is 1. The molecule has 11 heteroatoms. The van der Waals surface area contributed by atoms with E-state index in [1.54, 1.807) is 25.7 Å². The highest BCUT2D eigenvalue weighted by Crippen LogP contribution is 2.38. The number of nitrogens with zero attached hydrogens (tertiary/aromatic N) is 2. The Kier molecular flexibility index (Phi) is 8.09. The van der Waals surface area contributed by atoms with Crippen molar-refractivity contribution < 1.29 is 19.1 Å². The summed E-state index contributed by atoms with van der Waals surface area (Å²) in [5.41, 5.74) is -0.230. The first-order valence-corrected chi connectivity index (χ1v) is 13.5. The lowest BCUT2D eigenvalue weighted by Crippen LogP contribution is -2.54. The highest BCUT2D eigenvalue weighted by atomic mass is 32.1. The van der Waals surface area contributed by atoms with Crippen LogP contribution in [0.2, 0.25) is 0 Å². The van der Waals surface area contributed by atoms with Crippen molar-refractivity contribution in [2.75, 3.05) is 32.8 Å². The number of H-pyrrole nitrogens is 1. The standard InChI is InChI=1S/C25H35N5O5S/c1-15-18-21(32)28-17(3)29-22(18)36-19(15)23(33)30-11-8-25(9-12-30)7-4-5-13-35-14-6-10-26-20(31)16(2)27-24(25)34/h16H,4-14H2,1-3H3,(H,26,31)(H,27,34)(H,28,29,32)/t16-/m0/s1. The Labute approximate surface area is 214 Å². The molecule has 3 amide bonds. The minimum Gasteiger partial charge on any atom is -0.381 e. The molecule has 1 atom stereocenters. The van der Waals surface area contributed by atoms with Crippen LogP contribution in [0.15, 0.2) is 4.79 Å². The van der Waals surface area contributed by atoms with Gasteiger partial charge in [0, 0.05) is 32.8 Å². The van der Waals surface area contributed by atoms with Gasteiger partial charge < -0.3 is 25.3 Å². The van der Waals surface area contributed by atoms with E-state index in [9.17, 15) is 19.2 Å². The number of amides is 3.